The molecule has 0 unspecified atom stereocenters. The van der Waals surface area contributed by atoms with Crippen molar-refractivity contribution in [1.82, 2.24) is 0 Å². The number of hydrazone groups is 1. The van der Waals surface area contributed by atoms with Crippen LogP contribution in [-0.2, 0) is 16.6 Å². The van der Waals surface area contributed by atoms with Crippen molar-refractivity contribution >= 4 is 39.0 Å². The molecular formula is C29H29N5O5S. The van der Waals surface area contributed by atoms with Crippen molar-refractivity contribution in [1.29, 1.82) is 0 Å². The molecule has 0 radical (unpaired) electrons. The Balaban J connectivity index is 1.51. The van der Waals surface area contributed by atoms with Crippen molar-refractivity contribution in [2.24, 2.45) is 5.10 Å². The Labute approximate surface area is 233 Å². The smallest absolute Gasteiger partial charge is 0.270 e. The molecule has 4 aromatic rings. The number of methoxy groups -OCH3 is 1. The van der Waals surface area contributed by atoms with Gasteiger partial charge in [-0.25, -0.2) is 8.42 Å². The quantitative estimate of drug-likeness (QED) is 0.126. The van der Waals surface area contributed by atoms with Gasteiger partial charge in [0.25, 0.3) is 15.7 Å². The number of nitro benzene ring substituents is 1. The van der Waals surface area contributed by atoms with Crippen LogP contribution < -0.4 is 19.8 Å². The largest absolute Gasteiger partial charge is 0.497 e. The fourth-order valence-corrected chi connectivity index (χ4v) is 5.18. The predicted octanol–water partition coefficient (Wildman–Crippen LogP) is 5.88. The molecule has 40 heavy (non-hydrogen) atoms. The number of nitrogens with zero attached hydrogens (tertiary/aromatic N) is 3. The summed E-state index contributed by atoms with van der Waals surface area (Å²) in [7, 11) is -2.69. The lowest BCUT2D eigenvalue weighted by atomic mass is 10.1. The first-order valence-electron chi connectivity index (χ1n) is 12.4. The van der Waals surface area contributed by atoms with Crippen LogP contribution in [0.15, 0.2) is 107 Å². The average molecular weight is 560 g/mol. The second kappa shape index (κ2) is 12.8. The van der Waals surface area contributed by atoms with Crippen LogP contribution in [0.5, 0.6) is 5.75 Å². The summed E-state index contributed by atoms with van der Waals surface area (Å²) in [6.45, 7) is 3.72. The van der Waals surface area contributed by atoms with E-state index in [0.717, 1.165) is 30.4 Å². The zero-order valence-electron chi connectivity index (χ0n) is 22.0. The molecule has 0 bridgehead atoms. The minimum absolute atomic E-state index is 0.0829. The predicted molar refractivity (Wildman–Crippen MR) is 158 cm³/mol. The lowest BCUT2D eigenvalue weighted by molar-refractivity contribution is -0.385. The van der Waals surface area contributed by atoms with Crippen molar-refractivity contribution in [2.75, 3.05) is 28.7 Å². The summed E-state index contributed by atoms with van der Waals surface area (Å²) in [4.78, 5) is 12.6. The number of sulfonamides is 1. The van der Waals surface area contributed by atoms with E-state index in [9.17, 15) is 18.5 Å². The monoisotopic (exact) mass is 559 g/mol. The Morgan fingerprint density at radius 3 is 2.30 bits per heavy atom. The van der Waals surface area contributed by atoms with E-state index in [1.54, 1.807) is 18.3 Å². The average Bonchev–Trinajstić information content (AvgIpc) is 2.97. The van der Waals surface area contributed by atoms with Gasteiger partial charge in [0.2, 0.25) is 0 Å². The molecule has 0 aliphatic heterocycles. The van der Waals surface area contributed by atoms with Crippen LogP contribution >= 0.6 is 0 Å². The third kappa shape index (κ3) is 7.14. The van der Waals surface area contributed by atoms with E-state index in [4.69, 9.17) is 4.74 Å². The summed E-state index contributed by atoms with van der Waals surface area (Å²) in [5, 5.41) is 15.5. The number of nitrogens with one attached hydrogen (secondary N) is 2. The molecule has 0 spiro atoms. The van der Waals surface area contributed by atoms with Crippen molar-refractivity contribution in [3.8, 4) is 5.75 Å². The fourth-order valence-electron chi connectivity index (χ4n) is 3.95. The van der Waals surface area contributed by atoms with Gasteiger partial charge in [-0.05, 0) is 60.5 Å². The number of rotatable bonds is 12. The van der Waals surface area contributed by atoms with E-state index < -0.39 is 14.9 Å². The maximum Gasteiger partial charge on any atom is 0.270 e. The topological polar surface area (TPSA) is 126 Å². The molecule has 4 rings (SSSR count). The Hall–Kier alpha value is -4.90. The van der Waals surface area contributed by atoms with E-state index in [-0.39, 0.29) is 22.0 Å². The summed E-state index contributed by atoms with van der Waals surface area (Å²) in [5.41, 5.74) is 5.77. The van der Waals surface area contributed by atoms with Crippen molar-refractivity contribution in [3.05, 3.63) is 118 Å². The number of benzene rings is 4. The number of hydrogen-bond donors (Lipinski definition) is 2. The van der Waals surface area contributed by atoms with Gasteiger partial charge in [0, 0.05) is 36.6 Å². The van der Waals surface area contributed by atoms with Crippen LogP contribution in [0.4, 0.5) is 22.7 Å². The van der Waals surface area contributed by atoms with E-state index >= 15 is 0 Å². The van der Waals surface area contributed by atoms with Gasteiger partial charge in [-0.15, -0.1) is 0 Å². The summed E-state index contributed by atoms with van der Waals surface area (Å²) in [6.07, 6.45) is 1.55. The standard InChI is InChI=1S/C29H29N5O5S/c1-3-33(21-23-7-5-4-6-8-23)25-13-9-22(10-14-25)20-30-31-28-18-15-26(34(35)36)19-29(28)40(37,38)32-24-11-16-27(39-2)17-12-24/h4-20,31-32H,3,21H2,1-2H3/b30-20+. The first kappa shape index (κ1) is 28.1. The highest BCUT2D eigenvalue weighted by Crippen LogP contribution is 2.29. The van der Waals surface area contributed by atoms with Crippen LogP contribution in [-0.4, -0.2) is 33.2 Å². The summed E-state index contributed by atoms with van der Waals surface area (Å²) in [6, 6.07) is 27.8. The molecule has 11 heteroatoms. The number of non-ortho nitro benzene ring substituents is 1. The third-order valence-corrected chi connectivity index (χ3v) is 7.48. The number of anilines is 3. The Morgan fingerprint density at radius 2 is 1.68 bits per heavy atom. The maximum absolute atomic E-state index is 13.2. The van der Waals surface area contributed by atoms with Gasteiger partial charge >= 0.3 is 0 Å². The maximum atomic E-state index is 13.2. The van der Waals surface area contributed by atoms with Gasteiger partial charge in [-0.1, -0.05) is 42.5 Å². The van der Waals surface area contributed by atoms with Crippen molar-refractivity contribution < 1.29 is 18.1 Å². The lowest BCUT2D eigenvalue weighted by Crippen LogP contribution is -2.21. The molecule has 0 atom stereocenters. The molecule has 0 aromatic heterocycles. The number of hydrogen-bond acceptors (Lipinski definition) is 8. The first-order valence-corrected chi connectivity index (χ1v) is 13.9. The molecule has 206 valence electrons. The molecule has 0 saturated carbocycles. The molecule has 0 fully saturated rings. The molecular weight excluding hydrogens is 530 g/mol. The minimum Gasteiger partial charge on any atom is -0.497 e. The zero-order chi connectivity index (χ0) is 28.5. The zero-order valence-corrected chi connectivity index (χ0v) is 22.8. The Morgan fingerprint density at radius 1 is 0.975 bits per heavy atom. The van der Waals surface area contributed by atoms with Crippen molar-refractivity contribution in [3.63, 3.8) is 0 Å². The summed E-state index contributed by atoms with van der Waals surface area (Å²) < 4.78 is 33.9. The fraction of sp³-hybridized carbons (Fsp3) is 0.138. The van der Waals surface area contributed by atoms with E-state index in [2.05, 4.69) is 39.2 Å². The molecule has 0 amide bonds. The molecule has 4 aromatic carbocycles. The molecule has 10 nitrogen and oxygen atoms in total. The Kier molecular flexibility index (Phi) is 8.97. The SMILES string of the molecule is CCN(Cc1ccccc1)c1ccc(/C=N/Nc2ccc([N+](=O)[O-])cc2S(=O)(=O)Nc2ccc(OC)cc2)cc1. The van der Waals surface area contributed by atoms with Crippen LogP contribution in [0.1, 0.15) is 18.1 Å². The minimum atomic E-state index is -4.20. The summed E-state index contributed by atoms with van der Waals surface area (Å²) >= 11 is 0. The van der Waals surface area contributed by atoms with Gasteiger partial charge in [0.05, 0.1) is 23.9 Å². The number of ether oxygens (including phenoxy) is 1. The van der Waals surface area contributed by atoms with Gasteiger partial charge in [0.15, 0.2) is 0 Å². The van der Waals surface area contributed by atoms with Gasteiger partial charge in [-0.2, -0.15) is 5.10 Å². The van der Waals surface area contributed by atoms with Crippen LogP contribution in [0.25, 0.3) is 0 Å². The van der Waals surface area contributed by atoms with Gasteiger partial charge in [-0.3, -0.25) is 20.3 Å². The van der Waals surface area contributed by atoms with Gasteiger partial charge < -0.3 is 9.64 Å². The molecule has 0 aliphatic carbocycles. The highest BCUT2D eigenvalue weighted by molar-refractivity contribution is 7.92. The van der Waals surface area contributed by atoms with E-state index in [1.165, 1.54) is 36.9 Å². The first-order chi connectivity index (χ1) is 19.3. The van der Waals surface area contributed by atoms with Crippen LogP contribution in [0.3, 0.4) is 0 Å². The molecule has 0 heterocycles. The number of nitro groups is 1. The van der Waals surface area contributed by atoms with Crippen LogP contribution in [0.2, 0.25) is 0 Å². The normalized spacial score (nSPS) is 11.2. The molecule has 0 aliphatic rings. The van der Waals surface area contributed by atoms with E-state index in [0.29, 0.717) is 5.75 Å². The van der Waals surface area contributed by atoms with Gasteiger partial charge in [0.1, 0.15) is 10.6 Å². The molecule has 2 N–H and O–H groups in total. The molecule has 0 saturated heterocycles. The second-order valence-corrected chi connectivity index (χ2v) is 10.4. The lowest BCUT2D eigenvalue weighted by Gasteiger charge is -2.23. The highest BCUT2D eigenvalue weighted by Gasteiger charge is 2.23. The Bertz CT molecular complexity index is 1580. The third-order valence-electron chi connectivity index (χ3n) is 6.06. The second-order valence-electron chi connectivity index (χ2n) is 8.73. The van der Waals surface area contributed by atoms with E-state index in [1.807, 2.05) is 42.5 Å². The van der Waals surface area contributed by atoms with Crippen molar-refractivity contribution in [2.45, 2.75) is 18.4 Å². The highest BCUT2D eigenvalue weighted by atomic mass is 32.2. The van der Waals surface area contributed by atoms with Crippen LogP contribution in [0, 0.1) is 10.1 Å². The summed E-state index contributed by atoms with van der Waals surface area (Å²) in [5.74, 6) is 0.557.